The van der Waals surface area contributed by atoms with Gasteiger partial charge >= 0.3 is 0 Å². The zero-order valence-corrected chi connectivity index (χ0v) is 12.2. The van der Waals surface area contributed by atoms with Crippen LogP contribution in [0, 0.1) is 0 Å². The molecule has 21 heavy (non-hydrogen) atoms. The van der Waals surface area contributed by atoms with Gasteiger partial charge in [0.2, 0.25) is 0 Å². The van der Waals surface area contributed by atoms with Crippen molar-refractivity contribution in [3.05, 3.63) is 60.2 Å². The van der Waals surface area contributed by atoms with Gasteiger partial charge in [-0.15, -0.1) is 0 Å². The second kappa shape index (κ2) is 8.10. The summed E-state index contributed by atoms with van der Waals surface area (Å²) in [4.78, 5) is 10.9. The standard InChI is InChI=1S/C18H20O3/c1-15(19)7-6-12-20-17-10-5-11-18(13-17)21-14-16-8-3-2-4-9-16/h2-5,8-11,13H,6-7,12,14H2,1H3. The Hall–Kier alpha value is -2.29. The van der Waals surface area contributed by atoms with E-state index < -0.39 is 0 Å². The molecule has 0 fully saturated rings. The SMILES string of the molecule is CC(=O)CCCOc1cccc(OCc2ccccc2)c1. The number of rotatable bonds is 8. The number of ether oxygens (including phenoxy) is 2. The van der Waals surface area contributed by atoms with Gasteiger partial charge in [0.25, 0.3) is 0 Å². The first-order chi connectivity index (χ1) is 10.2. The van der Waals surface area contributed by atoms with Gasteiger partial charge in [-0.3, -0.25) is 0 Å². The lowest BCUT2D eigenvalue weighted by Gasteiger charge is -2.09. The molecule has 0 aromatic heterocycles. The van der Waals surface area contributed by atoms with E-state index in [1.165, 1.54) is 0 Å². The average Bonchev–Trinajstić information content (AvgIpc) is 2.51. The van der Waals surface area contributed by atoms with Crippen LogP contribution in [0.1, 0.15) is 25.3 Å². The molecule has 0 spiro atoms. The maximum Gasteiger partial charge on any atom is 0.129 e. The summed E-state index contributed by atoms with van der Waals surface area (Å²) in [6, 6.07) is 17.6. The molecule has 0 saturated carbocycles. The molecule has 0 saturated heterocycles. The number of carbonyl (C=O) groups is 1. The maximum atomic E-state index is 10.9. The van der Waals surface area contributed by atoms with E-state index >= 15 is 0 Å². The highest BCUT2D eigenvalue weighted by molar-refractivity contribution is 5.75. The molecule has 0 aliphatic carbocycles. The highest BCUT2D eigenvalue weighted by Gasteiger charge is 2.00. The molecule has 0 N–H and O–H groups in total. The van der Waals surface area contributed by atoms with Crippen LogP contribution in [0.4, 0.5) is 0 Å². The second-order valence-corrected chi connectivity index (χ2v) is 4.90. The van der Waals surface area contributed by atoms with E-state index in [0.717, 1.165) is 23.5 Å². The number of carbonyl (C=O) groups excluding carboxylic acids is 1. The molecule has 2 aromatic rings. The smallest absolute Gasteiger partial charge is 0.129 e. The Kier molecular flexibility index (Phi) is 5.83. The first-order valence-electron chi connectivity index (χ1n) is 7.13. The fraction of sp³-hybridized carbons (Fsp3) is 0.278. The molecule has 0 heterocycles. The van der Waals surface area contributed by atoms with Crippen molar-refractivity contribution in [2.24, 2.45) is 0 Å². The summed E-state index contributed by atoms with van der Waals surface area (Å²) in [5.74, 6) is 1.74. The summed E-state index contributed by atoms with van der Waals surface area (Å²) in [5, 5.41) is 0. The highest BCUT2D eigenvalue weighted by atomic mass is 16.5. The summed E-state index contributed by atoms with van der Waals surface area (Å²) in [6.45, 7) is 2.67. The van der Waals surface area contributed by atoms with Crippen molar-refractivity contribution in [1.29, 1.82) is 0 Å². The van der Waals surface area contributed by atoms with Gasteiger partial charge in [-0.2, -0.15) is 0 Å². The molecule has 0 radical (unpaired) electrons. The molecular weight excluding hydrogens is 264 g/mol. The molecule has 3 nitrogen and oxygen atoms in total. The molecular formula is C18H20O3. The Morgan fingerprint density at radius 1 is 0.952 bits per heavy atom. The molecule has 0 aliphatic heterocycles. The third-order valence-corrected chi connectivity index (χ3v) is 3.00. The maximum absolute atomic E-state index is 10.9. The Morgan fingerprint density at radius 3 is 2.38 bits per heavy atom. The van der Waals surface area contributed by atoms with E-state index in [9.17, 15) is 4.79 Å². The van der Waals surface area contributed by atoms with Crippen LogP contribution in [-0.2, 0) is 11.4 Å². The Balaban J connectivity index is 1.81. The number of hydrogen-bond acceptors (Lipinski definition) is 3. The number of benzene rings is 2. The summed E-state index contributed by atoms with van der Waals surface area (Å²) >= 11 is 0. The van der Waals surface area contributed by atoms with Crippen molar-refractivity contribution >= 4 is 5.78 Å². The van der Waals surface area contributed by atoms with Gasteiger partial charge in [0.1, 0.15) is 23.9 Å². The van der Waals surface area contributed by atoms with Gasteiger partial charge in [-0.05, 0) is 31.0 Å². The Bertz CT molecular complexity index is 564. The largest absolute Gasteiger partial charge is 0.493 e. The van der Waals surface area contributed by atoms with Crippen molar-refractivity contribution in [3.63, 3.8) is 0 Å². The minimum Gasteiger partial charge on any atom is -0.493 e. The lowest BCUT2D eigenvalue weighted by atomic mass is 10.2. The fourth-order valence-corrected chi connectivity index (χ4v) is 1.91. The van der Waals surface area contributed by atoms with Crippen LogP contribution in [0.3, 0.4) is 0 Å². The number of ketones is 1. The van der Waals surface area contributed by atoms with Crippen LogP contribution >= 0.6 is 0 Å². The van der Waals surface area contributed by atoms with Crippen LogP contribution in [0.25, 0.3) is 0 Å². The summed E-state index contributed by atoms with van der Waals surface area (Å²) in [6.07, 6.45) is 1.30. The molecule has 3 heteroatoms. The van der Waals surface area contributed by atoms with Crippen LogP contribution < -0.4 is 9.47 Å². The summed E-state index contributed by atoms with van der Waals surface area (Å²) in [5.41, 5.74) is 1.13. The minimum atomic E-state index is 0.193. The van der Waals surface area contributed by atoms with Gasteiger partial charge in [0, 0.05) is 12.5 Å². The lowest BCUT2D eigenvalue weighted by molar-refractivity contribution is -0.117. The van der Waals surface area contributed by atoms with Gasteiger partial charge < -0.3 is 14.3 Å². The number of hydrogen-bond donors (Lipinski definition) is 0. The lowest BCUT2D eigenvalue weighted by Crippen LogP contribution is -2.01. The monoisotopic (exact) mass is 284 g/mol. The predicted octanol–water partition coefficient (Wildman–Crippen LogP) is 4.01. The molecule has 2 rings (SSSR count). The molecule has 110 valence electrons. The normalized spacial score (nSPS) is 10.1. The molecule has 2 aromatic carbocycles. The molecule has 0 unspecified atom stereocenters. The van der Waals surface area contributed by atoms with Crippen molar-refractivity contribution in [2.75, 3.05) is 6.61 Å². The zero-order valence-electron chi connectivity index (χ0n) is 12.2. The number of Topliss-reactive ketones (excluding diaryl/α,β-unsaturated/α-hetero) is 1. The van der Waals surface area contributed by atoms with E-state index in [0.29, 0.717) is 19.6 Å². The van der Waals surface area contributed by atoms with Gasteiger partial charge in [-0.25, -0.2) is 0 Å². The summed E-state index contributed by atoms with van der Waals surface area (Å²) < 4.78 is 11.4. The van der Waals surface area contributed by atoms with E-state index in [1.807, 2.05) is 54.6 Å². The molecule has 0 amide bonds. The minimum absolute atomic E-state index is 0.193. The molecule has 0 atom stereocenters. The Morgan fingerprint density at radius 2 is 1.67 bits per heavy atom. The zero-order chi connectivity index (χ0) is 14.9. The second-order valence-electron chi connectivity index (χ2n) is 4.90. The van der Waals surface area contributed by atoms with Crippen molar-refractivity contribution < 1.29 is 14.3 Å². The van der Waals surface area contributed by atoms with Crippen molar-refractivity contribution in [3.8, 4) is 11.5 Å². The van der Waals surface area contributed by atoms with Crippen LogP contribution in [0.15, 0.2) is 54.6 Å². The quantitative estimate of drug-likeness (QED) is 0.687. The van der Waals surface area contributed by atoms with E-state index in [1.54, 1.807) is 6.92 Å². The van der Waals surface area contributed by atoms with Gasteiger partial charge in [0.05, 0.1) is 6.61 Å². The first kappa shape index (κ1) is 15.1. The summed E-state index contributed by atoms with van der Waals surface area (Å²) in [7, 11) is 0. The van der Waals surface area contributed by atoms with E-state index in [2.05, 4.69) is 0 Å². The van der Waals surface area contributed by atoms with Crippen molar-refractivity contribution in [2.45, 2.75) is 26.4 Å². The van der Waals surface area contributed by atoms with Gasteiger partial charge in [-0.1, -0.05) is 36.4 Å². The third-order valence-electron chi connectivity index (χ3n) is 3.00. The topological polar surface area (TPSA) is 35.5 Å². The fourth-order valence-electron chi connectivity index (χ4n) is 1.91. The Labute approximate surface area is 125 Å². The van der Waals surface area contributed by atoms with Crippen LogP contribution in [-0.4, -0.2) is 12.4 Å². The molecule has 0 bridgehead atoms. The van der Waals surface area contributed by atoms with Crippen molar-refractivity contribution in [1.82, 2.24) is 0 Å². The van der Waals surface area contributed by atoms with Gasteiger partial charge in [0.15, 0.2) is 0 Å². The van der Waals surface area contributed by atoms with Crippen LogP contribution in [0.5, 0.6) is 11.5 Å². The predicted molar refractivity (Wildman–Crippen MR) is 82.6 cm³/mol. The van der Waals surface area contributed by atoms with Crippen LogP contribution in [0.2, 0.25) is 0 Å². The van der Waals surface area contributed by atoms with E-state index in [-0.39, 0.29) is 5.78 Å². The van der Waals surface area contributed by atoms with E-state index in [4.69, 9.17) is 9.47 Å². The highest BCUT2D eigenvalue weighted by Crippen LogP contribution is 2.20. The molecule has 0 aliphatic rings. The first-order valence-corrected chi connectivity index (χ1v) is 7.13. The third kappa shape index (κ3) is 5.69. The average molecular weight is 284 g/mol.